The number of carboxylic acids is 2. The SMILES string of the molecule is C1=CSC(=C2SC=CS2)S1.O=C(O)Cn1c(=O)c2cc3c(=O)n(CC(=O)O)c(=O)c3cc2c1=O. The Kier molecular flexibility index (Phi) is 6.93. The molecule has 0 saturated carbocycles. The van der Waals surface area contributed by atoms with Crippen molar-refractivity contribution in [3.05, 3.63) is 83.7 Å². The van der Waals surface area contributed by atoms with E-state index in [9.17, 15) is 28.8 Å². The molecule has 2 N–H and O–H groups in total. The number of thioether (sulfide) groups is 4. The summed E-state index contributed by atoms with van der Waals surface area (Å²) in [5, 5.41) is 25.2. The van der Waals surface area contributed by atoms with Crippen LogP contribution in [0.15, 0.2) is 61.4 Å². The normalized spacial score (nSPS) is 14.8. The van der Waals surface area contributed by atoms with E-state index < -0.39 is 47.3 Å². The second-order valence-electron chi connectivity index (χ2n) is 6.71. The fourth-order valence-corrected chi connectivity index (χ4v) is 7.27. The molecule has 0 aliphatic carbocycles. The number of benzene rings is 1. The highest BCUT2D eigenvalue weighted by molar-refractivity contribution is 8.33. The van der Waals surface area contributed by atoms with Gasteiger partial charge in [0.05, 0.1) is 30.0 Å². The summed E-state index contributed by atoms with van der Waals surface area (Å²) in [7, 11) is 0. The number of aromatic nitrogens is 2. The topological polar surface area (TPSA) is 153 Å². The van der Waals surface area contributed by atoms with Crippen molar-refractivity contribution in [2.24, 2.45) is 0 Å². The van der Waals surface area contributed by atoms with Gasteiger partial charge in [0.25, 0.3) is 22.2 Å². The molecule has 5 rings (SSSR count). The monoisotopic (exact) mass is 536 g/mol. The molecule has 2 aliphatic heterocycles. The Hall–Kier alpha value is -2.94. The maximum absolute atomic E-state index is 12.1. The highest BCUT2D eigenvalue weighted by atomic mass is 32.2. The van der Waals surface area contributed by atoms with Crippen molar-refractivity contribution >= 4 is 80.5 Å². The molecule has 0 atom stereocenters. The minimum Gasteiger partial charge on any atom is -0.480 e. The van der Waals surface area contributed by atoms with Crippen molar-refractivity contribution in [3.8, 4) is 0 Å². The lowest BCUT2D eigenvalue weighted by Crippen LogP contribution is -2.29. The van der Waals surface area contributed by atoms with Gasteiger partial charge in [-0.1, -0.05) is 47.0 Å². The Balaban J connectivity index is 0.000000226. The van der Waals surface area contributed by atoms with Crippen LogP contribution < -0.4 is 22.2 Å². The molecule has 0 amide bonds. The zero-order chi connectivity index (χ0) is 24.6. The molecular formula is C20H12N2O8S4. The van der Waals surface area contributed by atoms with Crippen molar-refractivity contribution in [2.45, 2.75) is 13.1 Å². The first kappa shape index (κ1) is 24.2. The smallest absolute Gasteiger partial charge is 0.323 e. The molecule has 0 bridgehead atoms. The van der Waals surface area contributed by atoms with Gasteiger partial charge in [0, 0.05) is 0 Å². The predicted octanol–water partition coefficient (Wildman–Crippen LogP) is 2.10. The predicted molar refractivity (Wildman–Crippen MR) is 136 cm³/mol. The maximum Gasteiger partial charge on any atom is 0.323 e. The number of fused-ring (bicyclic) bond motifs is 2. The highest BCUT2D eigenvalue weighted by Gasteiger charge is 2.21. The van der Waals surface area contributed by atoms with Crippen molar-refractivity contribution in [3.63, 3.8) is 0 Å². The van der Waals surface area contributed by atoms with Gasteiger partial charge in [-0.05, 0) is 33.8 Å². The van der Waals surface area contributed by atoms with Crippen LogP contribution in [0.1, 0.15) is 0 Å². The molecule has 10 nitrogen and oxygen atoms in total. The van der Waals surface area contributed by atoms with E-state index >= 15 is 0 Å². The van der Waals surface area contributed by atoms with Gasteiger partial charge in [0.2, 0.25) is 0 Å². The summed E-state index contributed by atoms with van der Waals surface area (Å²) in [6, 6.07) is 2.05. The van der Waals surface area contributed by atoms with E-state index in [2.05, 4.69) is 21.6 Å². The number of carboxylic acid groups (broad SMARTS) is 2. The Bertz CT molecular complexity index is 1440. The molecule has 34 heavy (non-hydrogen) atoms. The third-order valence-corrected chi connectivity index (χ3v) is 9.40. The largest absolute Gasteiger partial charge is 0.480 e. The summed E-state index contributed by atoms with van der Waals surface area (Å²) in [6.07, 6.45) is 0. The van der Waals surface area contributed by atoms with Crippen LogP contribution in [0.25, 0.3) is 21.5 Å². The van der Waals surface area contributed by atoms with Crippen LogP contribution in [0.4, 0.5) is 0 Å². The Morgan fingerprint density at radius 1 is 0.588 bits per heavy atom. The average molecular weight is 537 g/mol. The van der Waals surface area contributed by atoms with Crippen LogP contribution in [-0.2, 0) is 22.7 Å². The van der Waals surface area contributed by atoms with Crippen LogP contribution >= 0.6 is 47.0 Å². The molecular weight excluding hydrogens is 524 g/mol. The van der Waals surface area contributed by atoms with Crippen molar-refractivity contribution in [1.82, 2.24) is 9.13 Å². The van der Waals surface area contributed by atoms with Gasteiger partial charge in [-0.25, -0.2) is 0 Å². The zero-order valence-electron chi connectivity index (χ0n) is 16.7. The fourth-order valence-electron chi connectivity index (χ4n) is 3.24. The van der Waals surface area contributed by atoms with Crippen molar-refractivity contribution in [1.29, 1.82) is 0 Å². The summed E-state index contributed by atoms with van der Waals surface area (Å²) in [5.74, 6) is -2.78. The van der Waals surface area contributed by atoms with E-state index in [4.69, 9.17) is 10.2 Å². The fraction of sp³-hybridized carbons (Fsp3) is 0.100. The van der Waals surface area contributed by atoms with Gasteiger partial charge in [0.1, 0.15) is 13.1 Å². The van der Waals surface area contributed by atoms with Crippen molar-refractivity contribution < 1.29 is 19.8 Å². The minimum absolute atomic E-state index is 0.196. The molecule has 2 aromatic heterocycles. The van der Waals surface area contributed by atoms with Crippen LogP contribution in [0.2, 0.25) is 0 Å². The first-order chi connectivity index (χ1) is 16.2. The van der Waals surface area contributed by atoms with E-state index in [1.54, 1.807) is 0 Å². The van der Waals surface area contributed by atoms with E-state index in [0.717, 1.165) is 12.1 Å². The molecule has 0 spiro atoms. The number of rotatable bonds is 4. The summed E-state index contributed by atoms with van der Waals surface area (Å²) < 4.78 is 3.85. The molecule has 174 valence electrons. The Morgan fingerprint density at radius 3 is 1.09 bits per heavy atom. The zero-order valence-corrected chi connectivity index (χ0v) is 20.0. The maximum atomic E-state index is 12.1. The molecule has 2 aliphatic rings. The van der Waals surface area contributed by atoms with Gasteiger partial charge in [-0.2, -0.15) is 0 Å². The standard InChI is InChI=1S/C14H8N2O8.C6H4S4/c17-9(18)3-15-11(21)5-1-6-8(2-7(5)13(15)23)14(24)16(12(6)22)4-10(19)20;1-2-8-5(7-1)6-9-3-4-10-6/h1-2H,3-4H2,(H,17,18)(H,19,20);1-4H. The van der Waals surface area contributed by atoms with Gasteiger partial charge in [0.15, 0.2) is 0 Å². The molecule has 0 fully saturated rings. The summed E-state index contributed by atoms with van der Waals surface area (Å²) in [5.41, 5.74) is -3.57. The average Bonchev–Trinajstić information content (AvgIpc) is 3.57. The van der Waals surface area contributed by atoms with E-state index in [-0.39, 0.29) is 21.5 Å². The third kappa shape index (κ3) is 4.53. The van der Waals surface area contributed by atoms with Crippen LogP contribution in [-0.4, -0.2) is 31.3 Å². The number of hydrogen-bond donors (Lipinski definition) is 2. The van der Waals surface area contributed by atoms with Crippen molar-refractivity contribution in [2.75, 3.05) is 0 Å². The Morgan fingerprint density at radius 2 is 0.853 bits per heavy atom. The lowest BCUT2D eigenvalue weighted by atomic mass is 10.1. The van der Waals surface area contributed by atoms with Gasteiger partial charge in [-0.3, -0.25) is 37.9 Å². The second-order valence-corrected chi connectivity index (χ2v) is 10.9. The van der Waals surface area contributed by atoms with E-state index in [1.165, 1.54) is 8.47 Å². The number of carbonyl (C=O) groups is 2. The molecule has 0 saturated heterocycles. The van der Waals surface area contributed by atoms with Crippen LogP contribution in [0.5, 0.6) is 0 Å². The summed E-state index contributed by atoms with van der Waals surface area (Å²) in [6.45, 7) is -1.69. The molecule has 3 aromatic rings. The summed E-state index contributed by atoms with van der Waals surface area (Å²) >= 11 is 7.28. The van der Waals surface area contributed by atoms with Gasteiger partial charge < -0.3 is 10.2 Å². The third-order valence-electron chi connectivity index (χ3n) is 4.62. The molecule has 1 aromatic carbocycles. The minimum atomic E-state index is -1.39. The lowest BCUT2D eigenvalue weighted by molar-refractivity contribution is -0.138. The Labute approximate surface area is 205 Å². The molecule has 4 heterocycles. The van der Waals surface area contributed by atoms with Crippen LogP contribution in [0, 0.1) is 0 Å². The lowest BCUT2D eigenvalue weighted by Gasteiger charge is -1.97. The van der Waals surface area contributed by atoms with Gasteiger partial charge >= 0.3 is 11.9 Å². The first-order valence-electron chi connectivity index (χ1n) is 9.24. The number of nitrogens with zero attached hydrogens (tertiary/aromatic N) is 2. The first-order valence-corrected chi connectivity index (χ1v) is 12.8. The highest BCUT2D eigenvalue weighted by Crippen LogP contribution is 2.50. The quantitative estimate of drug-likeness (QED) is 0.502. The second kappa shape index (κ2) is 9.74. The molecule has 0 unspecified atom stereocenters. The number of hydrogen-bond acceptors (Lipinski definition) is 10. The van der Waals surface area contributed by atoms with E-state index in [1.807, 2.05) is 47.0 Å². The molecule has 0 radical (unpaired) electrons. The van der Waals surface area contributed by atoms with Gasteiger partial charge in [-0.15, -0.1) is 0 Å². The van der Waals surface area contributed by atoms with Crippen LogP contribution in [0.3, 0.4) is 0 Å². The molecule has 14 heteroatoms. The number of aliphatic carboxylic acids is 2. The summed E-state index contributed by atoms with van der Waals surface area (Å²) in [4.78, 5) is 70.0. The van der Waals surface area contributed by atoms with E-state index in [0.29, 0.717) is 9.13 Å².